The lowest BCUT2D eigenvalue weighted by Crippen LogP contribution is -2.53. The molecule has 0 bridgehead atoms. The van der Waals surface area contributed by atoms with Gasteiger partial charge in [-0.15, -0.1) is 0 Å². The van der Waals surface area contributed by atoms with Crippen molar-refractivity contribution in [1.82, 2.24) is 5.32 Å². The van der Waals surface area contributed by atoms with E-state index in [4.69, 9.17) is 4.74 Å². The molecule has 3 nitrogen and oxygen atoms in total. The molecular weight excluding hydrogens is 233 g/mol. The molecule has 1 aliphatic carbocycles. The van der Waals surface area contributed by atoms with Gasteiger partial charge in [0.2, 0.25) is 0 Å². The van der Waals surface area contributed by atoms with E-state index in [9.17, 15) is 9.50 Å². The van der Waals surface area contributed by atoms with Crippen LogP contribution in [0.1, 0.15) is 18.4 Å². The lowest BCUT2D eigenvalue weighted by Gasteiger charge is -2.31. The highest BCUT2D eigenvalue weighted by atomic mass is 19.1. The summed E-state index contributed by atoms with van der Waals surface area (Å²) in [6, 6.07) is 4.79. The van der Waals surface area contributed by atoms with Crippen LogP contribution in [0.2, 0.25) is 0 Å². The van der Waals surface area contributed by atoms with Crippen molar-refractivity contribution in [2.75, 3.05) is 20.3 Å². The molecule has 0 aliphatic heterocycles. The summed E-state index contributed by atoms with van der Waals surface area (Å²) in [4.78, 5) is 0. The minimum Gasteiger partial charge on any atom is -0.488 e. The first-order valence-electron chi connectivity index (χ1n) is 6.30. The fraction of sp³-hybridized carbons (Fsp3) is 0.571. The van der Waals surface area contributed by atoms with Crippen molar-refractivity contribution >= 4 is 0 Å². The molecule has 0 saturated heterocycles. The van der Waals surface area contributed by atoms with Crippen LogP contribution in [0.15, 0.2) is 18.2 Å². The van der Waals surface area contributed by atoms with Crippen molar-refractivity contribution in [3.8, 4) is 5.75 Å². The smallest absolute Gasteiger partial charge is 0.165 e. The van der Waals surface area contributed by atoms with E-state index in [0.717, 1.165) is 18.4 Å². The van der Waals surface area contributed by atoms with Crippen molar-refractivity contribution < 1.29 is 14.2 Å². The van der Waals surface area contributed by atoms with Gasteiger partial charge in [-0.25, -0.2) is 4.39 Å². The summed E-state index contributed by atoms with van der Waals surface area (Å²) in [6.07, 6.45) is 2.17. The fourth-order valence-electron chi connectivity index (χ4n) is 2.21. The predicted octanol–water partition coefficient (Wildman–Crippen LogP) is 1.87. The van der Waals surface area contributed by atoms with Crippen LogP contribution in [0.3, 0.4) is 0 Å². The molecule has 1 aromatic carbocycles. The highest BCUT2D eigenvalue weighted by molar-refractivity contribution is 5.29. The minimum absolute atomic E-state index is 0.00159. The van der Waals surface area contributed by atoms with Crippen LogP contribution >= 0.6 is 0 Å². The van der Waals surface area contributed by atoms with E-state index in [-0.39, 0.29) is 24.8 Å². The molecule has 0 heterocycles. The molecule has 0 aromatic heterocycles. The van der Waals surface area contributed by atoms with E-state index in [1.54, 1.807) is 12.1 Å². The summed E-state index contributed by atoms with van der Waals surface area (Å²) in [7, 11) is 1.81. The van der Waals surface area contributed by atoms with Gasteiger partial charge in [-0.3, -0.25) is 0 Å². The zero-order chi connectivity index (χ0) is 13.2. The number of hydrogen-bond acceptors (Lipinski definition) is 3. The van der Waals surface area contributed by atoms with Gasteiger partial charge in [0, 0.05) is 0 Å². The topological polar surface area (TPSA) is 41.5 Å². The molecule has 1 unspecified atom stereocenters. The molecule has 1 atom stereocenters. The second-order valence-electron chi connectivity index (χ2n) is 5.06. The van der Waals surface area contributed by atoms with Crippen LogP contribution in [0.5, 0.6) is 5.75 Å². The monoisotopic (exact) mass is 253 g/mol. The molecule has 4 heteroatoms. The predicted molar refractivity (Wildman–Crippen MR) is 68.2 cm³/mol. The van der Waals surface area contributed by atoms with E-state index >= 15 is 0 Å². The van der Waals surface area contributed by atoms with Crippen molar-refractivity contribution in [2.24, 2.45) is 5.92 Å². The van der Waals surface area contributed by atoms with E-state index < -0.39 is 5.54 Å². The molecule has 1 saturated carbocycles. The maximum absolute atomic E-state index is 13.6. The standard InChI is InChI=1S/C14H20FNO2/c1-10-3-6-12(15)13(7-10)18-9-14(8-17,16-2)11-4-5-11/h3,6-7,11,16-17H,4-5,8-9H2,1-2H3. The van der Waals surface area contributed by atoms with Gasteiger partial charge in [0.05, 0.1) is 12.1 Å². The minimum atomic E-state index is -0.448. The Bertz CT molecular complexity index is 414. The number of likely N-dealkylation sites (N-methyl/N-ethyl adjacent to an activating group) is 1. The van der Waals surface area contributed by atoms with Gasteiger partial charge in [-0.05, 0) is 50.4 Å². The third kappa shape index (κ3) is 2.65. The Labute approximate surface area is 107 Å². The van der Waals surface area contributed by atoms with Crippen molar-refractivity contribution in [3.05, 3.63) is 29.6 Å². The number of halogens is 1. The average Bonchev–Trinajstić information content (AvgIpc) is 3.20. The quantitative estimate of drug-likeness (QED) is 0.813. The molecule has 100 valence electrons. The Balaban J connectivity index is 2.07. The van der Waals surface area contributed by atoms with Crippen LogP contribution in [0.25, 0.3) is 0 Å². The zero-order valence-corrected chi connectivity index (χ0v) is 10.9. The van der Waals surface area contributed by atoms with Crippen molar-refractivity contribution in [3.63, 3.8) is 0 Å². The molecule has 1 aromatic rings. The summed E-state index contributed by atoms with van der Waals surface area (Å²) >= 11 is 0. The number of benzene rings is 1. The fourth-order valence-corrected chi connectivity index (χ4v) is 2.21. The van der Waals surface area contributed by atoms with Gasteiger partial charge >= 0.3 is 0 Å². The SMILES string of the molecule is CNC(CO)(COc1cc(C)ccc1F)C1CC1. The maximum Gasteiger partial charge on any atom is 0.165 e. The Morgan fingerprint density at radius 3 is 2.78 bits per heavy atom. The normalized spacial score (nSPS) is 18.4. The molecule has 1 fully saturated rings. The van der Waals surface area contributed by atoms with E-state index in [0.29, 0.717) is 5.92 Å². The van der Waals surface area contributed by atoms with Crippen LogP contribution < -0.4 is 10.1 Å². The molecule has 2 N–H and O–H groups in total. The first-order valence-corrected chi connectivity index (χ1v) is 6.30. The second-order valence-corrected chi connectivity index (χ2v) is 5.06. The van der Waals surface area contributed by atoms with Crippen LogP contribution in [-0.4, -0.2) is 30.9 Å². The Kier molecular flexibility index (Phi) is 3.88. The number of ether oxygens (including phenoxy) is 1. The molecule has 0 amide bonds. The summed E-state index contributed by atoms with van der Waals surface area (Å²) in [5, 5.41) is 12.7. The second kappa shape index (κ2) is 5.24. The van der Waals surface area contributed by atoms with E-state index in [1.165, 1.54) is 6.07 Å². The lowest BCUT2D eigenvalue weighted by molar-refractivity contribution is 0.0895. The highest BCUT2D eigenvalue weighted by Crippen LogP contribution is 2.39. The van der Waals surface area contributed by atoms with Crippen molar-refractivity contribution in [2.45, 2.75) is 25.3 Å². The summed E-state index contributed by atoms with van der Waals surface area (Å²) in [5.74, 6) is 0.309. The Hall–Kier alpha value is -1.13. The molecule has 0 spiro atoms. The average molecular weight is 253 g/mol. The molecule has 2 rings (SSSR count). The van der Waals surface area contributed by atoms with E-state index in [1.807, 2.05) is 14.0 Å². The van der Waals surface area contributed by atoms with Gasteiger partial charge < -0.3 is 15.2 Å². The third-order valence-electron chi connectivity index (χ3n) is 3.71. The zero-order valence-electron chi connectivity index (χ0n) is 10.9. The van der Waals surface area contributed by atoms with E-state index in [2.05, 4.69) is 5.32 Å². The van der Waals surface area contributed by atoms with Crippen LogP contribution in [0.4, 0.5) is 4.39 Å². The molecular formula is C14H20FNO2. The summed E-state index contributed by atoms with van der Waals surface area (Å²) < 4.78 is 19.1. The van der Waals surface area contributed by atoms with Gasteiger partial charge in [0.15, 0.2) is 11.6 Å². The largest absolute Gasteiger partial charge is 0.488 e. The first kappa shape index (κ1) is 13.3. The first-order chi connectivity index (χ1) is 8.61. The van der Waals surface area contributed by atoms with Gasteiger partial charge in [0.25, 0.3) is 0 Å². The van der Waals surface area contributed by atoms with Crippen LogP contribution in [-0.2, 0) is 0 Å². The van der Waals surface area contributed by atoms with Crippen LogP contribution in [0, 0.1) is 18.7 Å². The number of hydrogen-bond donors (Lipinski definition) is 2. The third-order valence-corrected chi connectivity index (χ3v) is 3.71. The van der Waals surface area contributed by atoms with Crippen molar-refractivity contribution in [1.29, 1.82) is 0 Å². The summed E-state index contributed by atoms with van der Waals surface area (Å²) in [5.41, 5.74) is 0.507. The Morgan fingerprint density at radius 1 is 1.50 bits per heavy atom. The number of rotatable bonds is 6. The maximum atomic E-state index is 13.6. The summed E-state index contributed by atoms with van der Waals surface area (Å²) in [6.45, 7) is 2.18. The van der Waals surface area contributed by atoms with Gasteiger partial charge in [-0.2, -0.15) is 0 Å². The molecule has 18 heavy (non-hydrogen) atoms. The number of nitrogens with one attached hydrogen (secondary N) is 1. The number of aryl methyl sites for hydroxylation is 1. The lowest BCUT2D eigenvalue weighted by atomic mass is 9.95. The molecule has 1 aliphatic rings. The van der Waals surface area contributed by atoms with Gasteiger partial charge in [-0.1, -0.05) is 6.07 Å². The Morgan fingerprint density at radius 2 is 2.22 bits per heavy atom. The van der Waals surface area contributed by atoms with Gasteiger partial charge in [0.1, 0.15) is 6.61 Å². The molecule has 0 radical (unpaired) electrons. The highest BCUT2D eigenvalue weighted by Gasteiger charge is 2.44. The number of aliphatic hydroxyl groups is 1. The number of aliphatic hydroxyl groups excluding tert-OH is 1.